The molecule has 0 unspecified atom stereocenters. The summed E-state index contributed by atoms with van der Waals surface area (Å²) in [6.07, 6.45) is 5.09. The molecule has 2 heterocycles. The van der Waals surface area contributed by atoms with Gasteiger partial charge in [0.15, 0.2) is 0 Å². The molecule has 0 aromatic carbocycles. The minimum Gasteiger partial charge on any atom is -0.480 e. The molecule has 0 aliphatic carbocycles. The molecule has 1 fully saturated rings. The van der Waals surface area contributed by atoms with Crippen molar-refractivity contribution in [1.29, 1.82) is 0 Å². The van der Waals surface area contributed by atoms with Gasteiger partial charge in [0.1, 0.15) is 5.82 Å². The number of aliphatic carboxylic acids is 1. The summed E-state index contributed by atoms with van der Waals surface area (Å²) in [4.78, 5) is 17.4. The summed E-state index contributed by atoms with van der Waals surface area (Å²) in [7, 11) is 1.92. The summed E-state index contributed by atoms with van der Waals surface area (Å²) in [5, 5.41) is 15.6. The van der Waals surface area contributed by atoms with Gasteiger partial charge in [-0.2, -0.15) is 0 Å². The van der Waals surface area contributed by atoms with Gasteiger partial charge < -0.3 is 15.7 Å². The number of rotatable bonds is 9. The first-order valence-corrected chi connectivity index (χ1v) is 8.96. The Hall–Kier alpha value is -1.66. The zero-order valence-electron chi connectivity index (χ0n) is 14.8. The fourth-order valence-electron chi connectivity index (χ4n) is 3.23. The summed E-state index contributed by atoms with van der Waals surface area (Å²) in [5.74, 6) is 0.262. The topological polar surface area (TPSA) is 77.5 Å². The lowest BCUT2D eigenvalue weighted by atomic mass is 10.0. The summed E-state index contributed by atoms with van der Waals surface area (Å²) in [6, 6.07) is 4.81. The Morgan fingerprint density at radius 1 is 1.38 bits per heavy atom. The SMILES string of the molecule is CCc1ccc(CCCNC2CCN(CC(=O)O)CC2)nc1NC. The third-order valence-corrected chi connectivity index (χ3v) is 4.64. The van der Waals surface area contributed by atoms with E-state index in [1.54, 1.807) is 0 Å². The summed E-state index contributed by atoms with van der Waals surface area (Å²) < 4.78 is 0. The molecule has 0 atom stereocenters. The number of hydrogen-bond acceptors (Lipinski definition) is 5. The zero-order valence-corrected chi connectivity index (χ0v) is 14.8. The van der Waals surface area contributed by atoms with Crippen molar-refractivity contribution in [3.63, 3.8) is 0 Å². The second-order valence-electron chi connectivity index (χ2n) is 6.42. The smallest absolute Gasteiger partial charge is 0.317 e. The number of nitrogens with one attached hydrogen (secondary N) is 2. The van der Waals surface area contributed by atoms with Crippen LogP contribution in [0.25, 0.3) is 0 Å². The molecule has 0 radical (unpaired) electrons. The van der Waals surface area contributed by atoms with Crippen LogP contribution in [0.2, 0.25) is 0 Å². The fraction of sp³-hybridized carbons (Fsp3) is 0.667. The highest BCUT2D eigenvalue weighted by Crippen LogP contribution is 2.15. The van der Waals surface area contributed by atoms with E-state index in [-0.39, 0.29) is 6.54 Å². The Morgan fingerprint density at radius 2 is 2.12 bits per heavy atom. The van der Waals surface area contributed by atoms with Crippen LogP contribution in [-0.4, -0.2) is 60.2 Å². The third-order valence-electron chi connectivity index (χ3n) is 4.64. The highest BCUT2D eigenvalue weighted by atomic mass is 16.4. The number of likely N-dealkylation sites (tertiary alicyclic amines) is 1. The molecule has 134 valence electrons. The molecule has 1 aromatic heterocycles. The fourth-order valence-corrected chi connectivity index (χ4v) is 3.23. The van der Waals surface area contributed by atoms with Gasteiger partial charge in [0.05, 0.1) is 6.54 Å². The number of piperidine rings is 1. The van der Waals surface area contributed by atoms with Gasteiger partial charge >= 0.3 is 5.97 Å². The van der Waals surface area contributed by atoms with Crippen molar-refractivity contribution in [2.75, 3.05) is 38.5 Å². The van der Waals surface area contributed by atoms with Crippen molar-refractivity contribution in [2.24, 2.45) is 0 Å². The van der Waals surface area contributed by atoms with Crippen molar-refractivity contribution in [3.05, 3.63) is 23.4 Å². The van der Waals surface area contributed by atoms with Gasteiger partial charge in [-0.15, -0.1) is 0 Å². The maximum absolute atomic E-state index is 10.7. The van der Waals surface area contributed by atoms with E-state index in [9.17, 15) is 4.79 Å². The molecule has 1 aromatic rings. The van der Waals surface area contributed by atoms with Crippen molar-refractivity contribution in [3.8, 4) is 0 Å². The Balaban J connectivity index is 1.66. The molecule has 2 rings (SSSR count). The molecule has 3 N–H and O–H groups in total. The lowest BCUT2D eigenvalue weighted by molar-refractivity contribution is -0.138. The van der Waals surface area contributed by atoms with E-state index in [0.717, 1.165) is 63.3 Å². The first kappa shape index (κ1) is 18.7. The van der Waals surface area contributed by atoms with Crippen LogP contribution in [-0.2, 0) is 17.6 Å². The highest BCUT2D eigenvalue weighted by molar-refractivity contribution is 5.69. The third kappa shape index (κ3) is 5.76. The van der Waals surface area contributed by atoms with E-state index in [0.29, 0.717) is 6.04 Å². The van der Waals surface area contributed by atoms with E-state index in [4.69, 9.17) is 5.11 Å². The maximum Gasteiger partial charge on any atom is 0.317 e. The number of carbonyl (C=O) groups is 1. The standard InChI is InChI=1S/C18H30N4O2/c1-3-14-6-7-16(21-18(14)19-2)5-4-10-20-15-8-11-22(12-9-15)13-17(23)24/h6-7,15,20H,3-5,8-13H2,1-2H3,(H,19,21)(H,23,24). The van der Waals surface area contributed by atoms with Crippen molar-refractivity contribution < 1.29 is 9.90 Å². The Bertz CT molecular complexity index is 528. The van der Waals surface area contributed by atoms with Crippen LogP contribution in [0.5, 0.6) is 0 Å². The summed E-state index contributed by atoms with van der Waals surface area (Å²) in [6.45, 7) is 5.03. The second-order valence-corrected chi connectivity index (χ2v) is 6.42. The molecule has 1 aliphatic heterocycles. The number of nitrogens with zero attached hydrogens (tertiary/aromatic N) is 2. The van der Waals surface area contributed by atoms with Crippen molar-refractivity contribution in [1.82, 2.24) is 15.2 Å². The predicted molar refractivity (Wildman–Crippen MR) is 96.6 cm³/mol. The number of anilines is 1. The van der Waals surface area contributed by atoms with Crippen LogP contribution in [0.15, 0.2) is 12.1 Å². The first-order chi connectivity index (χ1) is 11.6. The number of aryl methyl sites for hydroxylation is 2. The van der Waals surface area contributed by atoms with Crippen LogP contribution in [0.3, 0.4) is 0 Å². The minimum atomic E-state index is -0.732. The largest absolute Gasteiger partial charge is 0.480 e. The predicted octanol–water partition coefficient (Wildman–Crippen LogP) is 1.76. The number of carboxylic acid groups (broad SMARTS) is 1. The number of pyridine rings is 1. The Labute approximate surface area is 144 Å². The van der Waals surface area contributed by atoms with E-state index >= 15 is 0 Å². The summed E-state index contributed by atoms with van der Waals surface area (Å²) >= 11 is 0. The van der Waals surface area contributed by atoms with Gasteiger partial charge in [0.25, 0.3) is 0 Å². The van der Waals surface area contributed by atoms with Gasteiger partial charge in [0.2, 0.25) is 0 Å². The lowest BCUT2D eigenvalue weighted by Gasteiger charge is -2.31. The van der Waals surface area contributed by atoms with E-state index in [1.807, 2.05) is 11.9 Å². The Morgan fingerprint density at radius 3 is 2.75 bits per heavy atom. The highest BCUT2D eigenvalue weighted by Gasteiger charge is 2.19. The van der Waals surface area contributed by atoms with E-state index < -0.39 is 5.97 Å². The minimum absolute atomic E-state index is 0.167. The van der Waals surface area contributed by atoms with Crippen LogP contribution >= 0.6 is 0 Å². The molecule has 6 nitrogen and oxygen atoms in total. The second kappa shape index (κ2) is 9.59. The number of carboxylic acids is 1. The zero-order chi connectivity index (χ0) is 17.4. The molecular weight excluding hydrogens is 304 g/mol. The molecule has 0 spiro atoms. The lowest BCUT2D eigenvalue weighted by Crippen LogP contribution is -2.44. The van der Waals surface area contributed by atoms with Crippen LogP contribution in [0.1, 0.15) is 37.4 Å². The average Bonchev–Trinajstić information content (AvgIpc) is 2.59. The van der Waals surface area contributed by atoms with Gasteiger partial charge in [-0.3, -0.25) is 9.69 Å². The number of hydrogen-bond donors (Lipinski definition) is 3. The molecule has 24 heavy (non-hydrogen) atoms. The molecular formula is C18H30N4O2. The normalized spacial score (nSPS) is 16.2. The van der Waals surface area contributed by atoms with Crippen LogP contribution in [0, 0.1) is 0 Å². The van der Waals surface area contributed by atoms with Crippen LogP contribution in [0.4, 0.5) is 5.82 Å². The van der Waals surface area contributed by atoms with Gasteiger partial charge in [0, 0.05) is 31.9 Å². The van der Waals surface area contributed by atoms with E-state index in [1.165, 1.54) is 5.56 Å². The maximum atomic E-state index is 10.7. The molecule has 1 saturated heterocycles. The van der Waals surface area contributed by atoms with Crippen LogP contribution < -0.4 is 10.6 Å². The first-order valence-electron chi connectivity index (χ1n) is 8.96. The van der Waals surface area contributed by atoms with E-state index in [2.05, 4.69) is 34.7 Å². The summed E-state index contributed by atoms with van der Waals surface area (Å²) in [5.41, 5.74) is 2.39. The monoisotopic (exact) mass is 334 g/mol. The quantitative estimate of drug-likeness (QED) is 0.597. The van der Waals surface area contributed by atoms with Crippen molar-refractivity contribution >= 4 is 11.8 Å². The molecule has 0 bridgehead atoms. The molecule has 0 saturated carbocycles. The van der Waals surface area contributed by atoms with Gasteiger partial charge in [-0.1, -0.05) is 13.0 Å². The number of aromatic nitrogens is 1. The molecule has 6 heteroatoms. The Kier molecular flexibility index (Phi) is 7.46. The van der Waals surface area contributed by atoms with Gasteiger partial charge in [-0.25, -0.2) is 4.98 Å². The molecule has 0 amide bonds. The molecule has 1 aliphatic rings. The average molecular weight is 334 g/mol. The van der Waals surface area contributed by atoms with Gasteiger partial charge in [-0.05, 0) is 50.3 Å². The van der Waals surface area contributed by atoms with Crippen molar-refractivity contribution in [2.45, 2.75) is 45.1 Å².